The summed E-state index contributed by atoms with van der Waals surface area (Å²) in [5.41, 5.74) is 0. The van der Waals surface area contributed by atoms with Crippen molar-refractivity contribution in [1.29, 1.82) is 0 Å². The minimum Gasteiger partial charge on any atom is -0.503 e. The van der Waals surface area contributed by atoms with Crippen LogP contribution in [-0.2, 0) is 9.16 Å². The molecule has 0 aliphatic rings. The third kappa shape index (κ3) is 10.5. The van der Waals surface area contributed by atoms with E-state index in [1.165, 1.54) is 12.8 Å². The number of hydrogen-bond donors (Lipinski definition) is 0. The Morgan fingerprint density at radius 1 is 0.833 bits per heavy atom. The Kier molecular flexibility index (Phi) is 10.0. The van der Waals surface area contributed by atoms with Gasteiger partial charge in [-0.3, -0.25) is 0 Å². The smallest absolute Gasteiger partial charge is 0.452 e. The number of azo groups is 1. The second-order valence-corrected chi connectivity index (χ2v) is 12.7. The summed E-state index contributed by atoms with van der Waals surface area (Å²) in [5.74, 6) is 0. The zero-order valence-corrected chi connectivity index (χ0v) is 17.5. The highest BCUT2D eigenvalue weighted by molar-refractivity contribution is 6.60. The maximum atomic E-state index is 11.8. The molecule has 24 heavy (non-hydrogen) atoms. The predicted octanol–water partition coefficient (Wildman–Crippen LogP) is 6.01. The van der Waals surface area contributed by atoms with Crippen molar-refractivity contribution >= 4 is 21.2 Å². The van der Waals surface area contributed by atoms with Gasteiger partial charge < -0.3 is 9.16 Å². The van der Waals surface area contributed by atoms with E-state index in [4.69, 9.17) is 9.16 Å². The van der Waals surface area contributed by atoms with E-state index < -0.39 is 21.2 Å². The van der Waals surface area contributed by atoms with E-state index in [1.54, 1.807) is 0 Å². The number of ether oxygens (including phenoxy) is 1. The first-order valence-corrected chi connectivity index (χ1v) is 10.4. The molecule has 0 aromatic heterocycles. The van der Waals surface area contributed by atoms with Gasteiger partial charge in [-0.15, -0.1) is 0 Å². The van der Waals surface area contributed by atoms with Crippen LogP contribution < -0.4 is 0 Å². The molecule has 0 bridgehead atoms. The fourth-order valence-corrected chi connectivity index (χ4v) is 6.31. The van der Waals surface area contributed by atoms with Crippen molar-refractivity contribution < 1.29 is 18.8 Å². The number of carbonyl (C=O) groups is 2. The third-order valence-corrected chi connectivity index (χ3v) is 7.06. The molecule has 0 aliphatic carbocycles. The van der Waals surface area contributed by atoms with E-state index in [-0.39, 0.29) is 10.1 Å². The molecule has 0 aliphatic heterocycles. The van der Waals surface area contributed by atoms with Crippen LogP contribution in [-0.4, -0.2) is 27.8 Å². The summed E-state index contributed by atoms with van der Waals surface area (Å²) in [6.45, 7) is 14.7. The second-order valence-electron chi connectivity index (χ2n) is 8.22. The third-order valence-electron chi connectivity index (χ3n) is 3.48. The largest absolute Gasteiger partial charge is 0.503 e. The number of amides is 2. The van der Waals surface area contributed by atoms with E-state index in [1.807, 2.05) is 41.5 Å². The lowest BCUT2D eigenvalue weighted by molar-refractivity contribution is 0.151. The highest BCUT2D eigenvalue weighted by Gasteiger charge is 2.41. The number of rotatable bonds is 7. The predicted molar refractivity (Wildman–Crippen MR) is 98.0 cm³/mol. The van der Waals surface area contributed by atoms with Crippen molar-refractivity contribution in [1.82, 2.24) is 0 Å². The average molecular weight is 359 g/mol. The van der Waals surface area contributed by atoms with Gasteiger partial charge in [0.2, 0.25) is 0 Å². The lowest BCUT2D eigenvalue weighted by Crippen LogP contribution is -2.39. The molecule has 0 spiro atoms. The number of carbonyl (C=O) groups excluding carboxylic acids is 2. The lowest BCUT2D eigenvalue weighted by atomic mass is 10.2. The van der Waals surface area contributed by atoms with Crippen molar-refractivity contribution in [2.45, 2.75) is 90.6 Å². The van der Waals surface area contributed by atoms with Crippen molar-refractivity contribution in [3.05, 3.63) is 0 Å². The standard InChI is InChI=1S/C17H34N2O4Si/c1-8-9-10-11-12-13-22-14(20)18-19-15(21)23-24(16(2,3)4)17(5,6)7/h24H,8-13H2,1-7H3. The van der Waals surface area contributed by atoms with Crippen LogP contribution in [0.15, 0.2) is 10.2 Å². The van der Waals surface area contributed by atoms with Gasteiger partial charge in [-0.05, 0) is 16.5 Å². The maximum Gasteiger partial charge on any atom is 0.452 e. The molecule has 2 amide bonds. The Morgan fingerprint density at radius 2 is 1.33 bits per heavy atom. The quantitative estimate of drug-likeness (QED) is 0.317. The van der Waals surface area contributed by atoms with Gasteiger partial charge in [0, 0.05) is 0 Å². The van der Waals surface area contributed by atoms with Gasteiger partial charge in [-0.1, -0.05) is 84.4 Å². The maximum absolute atomic E-state index is 11.8. The Morgan fingerprint density at radius 3 is 1.83 bits per heavy atom. The van der Waals surface area contributed by atoms with Gasteiger partial charge in [-0.25, -0.2) is 9.59 Å². The van der Waals surface area contributed by atoms with Gasteiger partial charge >= 0.3 is 12.2 Å². The van der Waals surface area contributed by atoms with Crippen LogP contribution >= 0.6 is 0 Å². The molecule has 0 saturated carbocycles. The first-order valence-electron chi connectivity index (χ1n) is 8.77. The van der Waals surface area contributed by atoms with E-state index in [9.17, 15) is 9.59 Å². The summed E-state index contributed by atoms with van der Waals surface area (Å²) < 4.78 is 10.4. The van der Waals surface area contributed by atoms with Gasteiger partial charge in [0.05, 0.1) is 6.61 Å². The fraction of sp³-hybridized carbons (Fsp3) is 0.882. The molecule has 0 saturated heterocycles. The van der Waals surface area contributed by atoms with Crippen molar-refractivity contribution in [3.8, 4) is 0 Å². The molecule has 7 heteroatoms. The molecular formula is C17H34N2O4Si. The average Bonchev–Trinajstić information content (AvgIpc) is 2.43. The van der Waals surface area contributed by atoms with Crippen LogP contribution in [0.2, 0.25) is 10.1 Å². The van der Waals surface area contributed by atoms with Crippen LogP contribution in [0.3, 0.4) is 0 Å². The highest BCUT2D eigenvalue weighted by atomic mass is 28.3. The molecule has 140 valence electrons. The van der Waals surface area contributed by atoms with Crippen molar-refractivity contribution in [2.75, 3.05) is 6.61 Å². The summed E-state index contributed by atoms with van der Waals surface area (Å²) in [7, 11) is -1.93. The van der Waals surface area contributed by atoms with Crippen molar-refractivity contribution in [2.24, 2.45) is 10.2 Å². The summed E-state index contributed by atoms with van der Waals surface area (Å²) >= 11 is 0. The second kappa shape index (κ2) is 10.6. The molecule has 0 aromatic rings. The lowest BCUT2D eigenvalue weighted by Gasteiger charge is -2.36. The fourth-order valence-electron chi connectivity index (χ4n) is 2.75. The van der Waals surface area contributed by atoms with Crippen LogP contribution in [0.1, 0.15) is 80.6 Å². The molecule has 0 rings (SSSR count). The zero-order valence-electron chi connectivity index (χ0n) is 16.3. The zero-order chi connectivity index (χ0) is 18.8. The minimum atomic E-state index is -1.93. The van der Waals surface area contributed by atoms with Crippen LogP contribution in [0.4, 0.5) is 9.59 Å². The molecule has 0 N–H and O–H groups in total. The molecule has 0 unspecified atom stereocenters. The molecule has 0 heterocycles. The first kappa shape index (κ1) is 22.8. The topological polar surface area (TPSA) is 77.3 Å². The Labute approximate surface area is 148 Å². The molecule has 6 nitrogen and oxygen atoms in total. The van der Waals surface area contributed by atoms with E-state index >= 15 is 0 Å². The van der Waals surface area contributed by atoms with Gasteiger partial charge in [-0.2, -0.15) is 0 Å². The number of hydrogen-bond acceptors (Lipinski definition) is 4. The van der Waals surface area contributed by atoms with Crippen LogP contribution in [0, 0.1) is 0 Å². The molecule has 0 radical (unpaired) electrons. The molecular weight excluding hydrogens is 324 g/mol. The van der Waals surface area contributed by atoms with Crippen LogP contribution in [0.25, 0.3) is 0 Å². The summed E-state index contributed by atoms with van der Waals surface area (Å²) in [6.07, 6.45) is 3.66. The number of unbranched alkanes of at least 4 members (excludes halogenated alkanes) is 4. The minimum absolute atomic E-state index is 0.109. The summed E-state index contributed by atoms with van der Waals surface area (Å²) in [4.78, 5) is 23.3. The Hall–Kier alpha value is -1.24. The first-order chi connectivity index (χ1) is 11.0. The van der Waals surface area contributed by atoms with E-state index in [0.29, 0.717) is 6.61 Å². The Balaban J connectivity index is 4.29. The van der Waals surface area contributed by atoms with Gasteiger partial charge in [0.1, 0.15) is 0 Å². The summed E-state index contributed by atoms with van der Waals surface area (Å²) in [6, 6.07) is 0. The molecule has 0 aromatic carbocycles. The van der Waals surface area contributed by atoms with E-state index in [2.05, 4.69) is 17.2 Å². The van der Waals surface area contributed by atoms with Crippen molar-refractivity contribution in [3.63, 3.8) is 0 Å². The van der Waals surface area contributed by atoms with Crippen LogP contribution in [0.5, 0.6) is 0 Å². The normalized spacial score (nSPS) is 12.7. The SMILES string of the molecule is CCCCCCCOC(=O)N=NC(=O)O[SiH](C(C)(C)C)C(C)(C)C. The van der Waals surface area contributed by atoms with E-state index in [0.717, 1.165) is 19.3 Å². The molecule has 0 fully saturated rings. The summed E-state index contributed by atoms with van der Waals surface area (Å²) in [5, 5.41) is 6.41. The Bertz CT molecular complexity index is 411. The van der Waals surface area contributed by atoms with Gasteiger partial charge in [0.25, 0.3) is 9.04 Å². The molecule has 0 atom stereocenters. The highest BCUT2D eigenvalue weighted by Crippen LogP contribution is 2.42. The number of nitrogens with zero attached hydrogens (tertiary/aromatic N) is 2. The monoisotopic (exact) mass is 358 g/mol. The van der Waals surface area contributed by atoms with Gasteiger partial charge in [0.15, 0.2) is 0 Å².